The zero-order chi connectivity index (χ0) is 19.9. The molecule has 6 heteroatoms. The fourth-order valence-electron chi connectivity index (χ4n) is 2.70. The molecule has 1 aromatic heterocycles. The lowest BCUT2D eigenvalue weighted by Crippen LogP contribution is -2.15. The van der Waals surface area contributed by atoms with Crippen LogP contribution in [0.4, 0.5) is 5.69 Å². The lowest BCUT2D eigenvalue weighted by Gasteiger charge is -2.11. The molecule has 0 spiro atoms. The number of rotatable bonds is 8. The van der Waals surface area contributed by atoms with Crippen LogP contribution in [0.15, 0.2) is 54.6 Å². The summed E-state index contributed by atoms with van der Waals surface area (Å²) < 4.78 is 5.73. The molecule has 0 fully saturated rings. The van der Waals surface area contributed by atoms with Gasteiger partial charge in [-0.25, -0.2) is 4.98 Å². The number of benzene rings is 2. The van der Waals surface area contributed by atoms with Crippen LogP contribution in [-0.2, 0) is 0 Å². The predicted octanol–water partition coefficient (Wildman–Crippen LogP) is 4.70. The maximum atomic E-state index is 12.7. The number of nitrogens with zero attached hydrogens (tertiary/aromatic N) is 2. The van der Waals surface area contributed by atoms with Gasteiger partial charge in [-0.1, -0.05) is 30.3 Å². The summed E-state index contributed by atoms with van der Waals surface area (Å²) in [4.78, 5) is 20.0. The fraction of sp³-hybridized carbons (Fsp3) is 0.273. The normalized spacial score (nSPS) is 10.9. The summed E-state index contributed by atoms with van der Waals surface area (Å²) in [5.41, 5.74) is 2.49. The van der Waals surface area contributed by atoms with Crippen LogP contribution < -0.4 is 10.1 Å². The van der Waals surface area contributed by atoms with Gasteiger partial charge in [-0.2, -0.15) is 0 Å². The van der Waals surface area contributed by atoms with Crippen LogP contribution in [-0.4, -0.2) is 43.0 Å². The topological polar surface area (TPSA) is 54.5 Å². The highest BCUT2D eigenvalue weighted by Gasteiger charge is 2.16. The number of hydrogen-bond donors (Lipinski definition) is 1. The van der Waals surface area contributed by atoms with Gasteiger partial charge in [0.2, 0.25) is 0 Å². The van der Waals surface area contributed by atoms with Crippen LogP contribution in [0.2, 0.25) is 0 Å². The summed E-state index contributed by atoms with van der Waals surface area (Å²) in [5.74, 6) is 0.661. The third-order valence-electron chi connectivity index (χ3n) is 4.15. The van der Waals surface area contributed by atoms with Gasteiger partial charge in [-0.15, -0.1) is 11.3 Å². The molecule has 0 saturated carbocycles. The Hall–Kier alpha value is -2.70. The third-order valence-corrected chi connectivity index (χ3v) is 5.36. The molecule has 0 saturated heterocycles. The molecule has 28 heavy (non-hydrogen) atoms. The first kappa shape index (κ1) is 20.0. The SMILES string of the molecule is Cc1nc(-c2ccccc2)sc1C(=O)Nc1ccc(OCCCN(C)C)cc1. The Kier molecular flexibility index (Phi) is 6.79. The maximum absolute atomic E-state index is 12.7. The van der Waals surface area contributed by atoms with Crippen molar-refractivity contribution in [3.05, 3.63) is 65.2 Å². The van der Waals surface area contributed by atoms with E-state index in [1.54, 1.807) is 0 Å². The zero-order valence-corrected chi connectivity index (χ0v) is 17.3. The van der Waals surface area contributed by atoms with Crippen LogP contribution in [0, 0.1) is 6.92 Å². The van der Waals surface area contributed by atoms with E-state index in [1.807, 2.05) is 75.6 Å². The largest absolute Gasteiger partial charge is 0.494 e. The lowest BCUT2D eigenvalue weighted by molar-refractivity contribution is 0.103. The molecule has 146 valence electrons. The van der Waals surface area contributed by atoms with Gasteiger partial charge in [0.1, 0.15) is 15.6 Å². The minimum absolute atomic E-state index is 0.142. The molecule has 1 heterocycles. The minimum Gasteiger partial charge on any atom is -0.494 e. The lowest BCUT2D eigenvalue weighted by atomic mass is 10.2. The molecular formula is C22H25N3O2S. The van der Waals surface area contributed by atoms with Crippen molar-refractivity contribution < 1.29 is 9.53 Å². The molecule has 0 unspecified atom stereocenters. The molecule has 5 nitrogen and oxygen atoms in total. The molecule has 3 aromatic rings. The third kappa shape index (κ3) is 5.41. The second kappa shape index (κ2) is 9.48. The molecular weight excluding hydrogens is 370 g/mol. The zero-order valence-electron chi connectivity index (χ0n) is 16.4. The van der Waals surface area contributed by atoms with Crippen molar-refractivity contribution in [2.45, 2.75) is 13.3 Å². The van der Waals surface area contributed by atoms with Crippen molar-refractivity contribution >= 4 is 22.9 Å². The van der Waals surface area contributed by atoms with Gasteiger partial charge >= 0.3 is 0 Å². The van der Waals surface area contributed by atoms with Gasteiger partial charge in [0.05, 0.1) is 12.3 Å². The standard InChI is InChI=1S/C22H25N3O2S/c1-16-20(28-22(23-16)17-8-5-4-6-9-17)21(26)24-18-10-12-19(13-11-18)27-15-7-14-25(2)3/h4-6,8-13H,7,14-15H2,1-3H3,(H,24,26). The van der Waals surface area contributed by atoms with Gasteiger partial charge in [0, 0.05) is 17.8 Å². The van der Waals surface area contributed by atoms with E-state index < -0.39 is 0 Å². The summed E-state index contributed by atoms with van der Waals surface area (Å²) in [5, 5.41) is 3.79. The Morgan fingerprint density at radius 2 is 1.82 bits per heavy atom. The highest BCUT2D eigenvalue weighted by molar-refractivity contribution is 7.17. The van der Waals surface area contributed by atoms with Crippen LogP contribution in [0.1, 0.15) is 21.8 Å². The molecule has 0 bridgehead atoms. The van der Waals surface area contributed by atoms with Crippen molar-refractivity contribution in [3.8, 4) is 16.3 Å². The first-order valence-electron chi connectivity index (χ1n) is 9.25. The molecule has 0 aliphatic heterocycles. The summed E-state index contributed by atoms with van der Waals surface area (Å²) in [6.45, 7) is 3.53. The van der Waals surface area contributed by atoms with Gasteiger partial charge in [-0.3, -0.25) is 4.79 Å². The molecule has 3 rings (SSSR count). The molecule has 1 amide bonds. The Bertz CT molecular complexity index is 905. The highest BCUT2D eigenvalue weighted by atomic mass is 32.1. The number of thiazole rings is 1. The van der Waals surface area contributed by atoms with Crippen LogP contribution in [0.3, 0.4) is 0 Å². The van der Waals surface area contributed by atoms with Crippen molar-refractivity contribution in [2.24, 2.45) is 0 Å². The van der Waals surface area contributed by atoms with E-state index in [2.05, 4.69) is 15.2 Å². The highest BCUT2D eigenvalue weighted by Crippen LogP contribution is 2.28. The Morgan fingerprint density at radius 1 is 1.11 bits per heavy atom. The van der Waals surface area contributed by atoms with E-state index >= 15 is 0 Å². The summed E-state index contributed by atoms with van der Waals surface area (Å²) in [7, 11) is 4.09. The van der Waals surface area contributed by atoms with E-state index in [0.29, 0.717) is 11.5 Å². The molecule has 2 aromatic carbocycles. The number of aromatic nitrogens is 1. The molecule has 0 atom stereocenters. The van der Waals surface area contributed by atoms with Crippen molar-refractivity contribution in [1.82, 2.24) is 9.88 Å². The second-order valence-corrected chi connectivity index (χ2v) is 7.78. The minimum atomic E-state index is -0.142. The summed E-state index contributed by atoms with van der Waals surface area (Å²) in [6, 6.07) is 17.4. The maximum Gasteiger partial charge on any atom is 0.267 e. The number of carbonyl (C=O) groups excluding carboxylic acids is 1. The number of carbonyl (C=O) groups is 1. The average molecular weight is 396 g/mol. The van der Waals surface area contributed by atoms with Gasteiger partial charge in [0.25, 0.3) is 5.91 Å². The van der Waals surface area contributed by atoms with Crippen molar-refractivity contribution in [3.63, 3.8) is 0 Å². The Labute approximate surface area is 170 Å². The predicted molar refractivity (Wildman–Crippen MR) is 115 cm³/mol. The van der Waals surface area contributed by atoms with E-state index in [1.165, 1.54) is 11.3 Å². The first-order chi connectivity index (χ1) is 13.5. The fourth-order valence-corrected chi connectivity index (χ4v) is 3.67. The van der Waals surface area contributed by atoms with Crippen LogP contribution >= 0.6 is 11.3 Å². The van der Waals surface area contributed by atoms with Gasteiger partial charge in [0.15, 0.2) is 0 Å². The van der Waals surface area contributed by atoms with E-state index in [9.17, 15) is 4.79 Å². The average Bonchev–Trinajstić information content (AvgIpc) is 3.09. The van der Waals surface area contributed by atoms with E-state index in [4.69, 9.17) is 4.74 Å². The van der Waals surface area contributed by atoms with Crippen molar-refractivity contribution in [1.29, 1.82) is 0 Å². The number of nitrogens with one attached hydrogen (secondary N) is 1. The monoisotopic (exact) mass is 395 g/mol. The molecule has 0 aliphatic carbocycles. The van der Waals surface area contributed by atoms with Gasteiger partial charge < -0.3 is 15.0 Å². The molecule has 0 radical (unpaired) electrons. The number of ether oxygens (including phenoxy) is 1. The van der Waals surface area contributed by atoms with Crippen molar-refractivity contribution in [2.75, 3.05) is 32.6 Å². The number of amides is 1. The number of anilines is 1. The van der Waals surface area contributed by atoms with E-state index in [-0.39, 0.29) is 5.91 Å². The molecule has 1 N–H and O–H groups in total. The van der Waals surface area contributed by atoms with Crippen LogP contribution in [0.5, 0.6) is 5.75 Å². The Morgan fingerprint density at radius 3 is 2.50 bits per heavy atom. The molecule has 0 aliphatic rings. The summed E-state index contributed by atoms with van der Waals surface area (Å²) in [6.07, 6.45) is 0.972. The van der Waals surface area contributed by atoms with Crippen LogP contribution in [0.25, 0.3) is 10.6 Å². The first-order valence-corrected chi connectivity index (χ1v) is 10.1. The Balaban J connectivity index is 1.60. The quantitative estimate of drug-likeness (QED) is 0.562. The van der Waals surface area contributed by atoms with E-state index in [0.717, 1.165) is 40.7 Å². The van der Waals surface area contributed by atoms with Gasteiger partial charge in [-0.05, 0) is 51.7 Å². The second-order valence-electron chi connectivity index (χ2n) is 6.78. The number of aryl methyl sites for hydroxylation is 1. The summed E-state index contributed by atoms with van der Waals surface area (Å²) >= 11 is 1.41. The number of hydrogen-bond acceptors (Lipinski definition) is 5. The smallest absolute Gasteiger partial charge is 0.267 e.